The van der Waals surface area contributed by atoms with Crippen molar-refractivity contribution in [2.45, 2.75) is 19.4 Å². The van der Waals surface area contributed by atoms with Gasteiger partial charge in [-0.1, -0.05) is 36.4 Å². The molecule has 3 aromatic carbocycles. The van der Waals surface area contributed by atoms with E-state index in [0.717, 1.165) is 22.6 Å². The summed E-state index contributed by atoms with van der Waals surface area (Å²) in [5.74, 6) is 0.510. The third-order valence-electron chi connectivity index (χ3n) is 4.79. The molecule has 0 bridgehead atoms. The number of benzene rings is 3. The van der Waals surface area contributed by atoms with E-state index in [2.05, 4.69) is 28.8 Å². The molecule has 0 aliphatic rings. The van der Waals surface area contributed by atoms with Gasteiger partial charge in [-0.05, 0) is 48.9 Å². The van der Waals surface area contributed by atoms with Gasteiger partial charge in [0.05, 0.1) is 28.0 Å². The number of thiazole rings is 1. The number of amides is 1. The molecule has 30 heavy (non-hydrogen) atoms. The summed E-state index contributed by atoms with van der Waals surface area (Å²) in [5.41, 5.74) is 3.78. The normalized spacial score (nSPS) is 11.8. The Morgan fingerprint density at radius 1 is 1.03 bits per heavy atom. The maximum atomic E-state index is 12.5. The number of para-hydroxylation sites is 3. The first-order valence-corrected chi connectivity index (χ1v) is 10.6. The zero-order chi connectivity index (χ0) is 20.9. The van der Waals surface area contributed by atoms with Crippen LogP contribution < -0.4 is 15.4 Å². The van der Waals surface area contributed by atoms with Gasteiger partial charge in [0.15, 0.2) is 0 Å². The summed E-state index contributed by atoms with van der Waals surface area (Å²) < 4.78 is 6.49. The molecule has 0 saturated carbocycles. The lowest BCUT2D eigenvalue weighted by atomic mass is 10.1. The third-order valence-corrected chi connectivity index (χ3v) is 5.83. The van der Waals surface area contributed by atoms with E-state index in [0.29, 0.717) is 11.4 Å². The van der Waals surface area contributed by atoms with Crippen LogP contribution in [0.5, 0.6) is 5.75 Å². The van der Waals surface area contributed by atoms with Gasteiger partial charge in [0.1, 0.15) is 11.8 Å². The lowest BCUT2D eigenvalue weighted by Gasteiger charge is -2.17. The first-order chi connectivity index (χ1) is 14.6. The summed E-state index contributed by atoms with van der Waals surface area (Å²) in [5, 5.41) is 7.25. The molecule has 0 saturated heterocycles. The van der Waals surface area contributed by atoms with Crippen LogP contribution in [0.4, 0.5) is 11.4 Å². The molecule has 1 aromatic heterocycles. The van der Waals surface area contributed by atoms with Crippen molar-refractivity contribution in [3.63, 3.8) is 0 Å². The van der Waals surface area contributed by atoms with Crippen LogP contribution in [0, 0.1) is 0 Å². The second-order valence-electron chi connectivity index (χ2n) is 7.00. The molecular weight excluding hydrogens is 394 g/mol. The molecule has 6 heteroatoms. The van der Waals surface area contributed by atoms with Gasteiger partial charge < -0.3 is 15.4 Å². The Balaban J connectivity index is 1.37. The smallest absolute Gasteiger partial charge is 0.246 e. The first kappa shape index (κ1) is 19.9. The Labute approximate surface area is 179 Å². The maximum absolute atomic E-state index is 12.5. The molecule has 152 valence electrons. The fourth-order valence-corrected chi connectivity index (χ4v) is 4.19. The van der Waals surface area contributed by atoms with Gasteiger partial charge in [0.25, 0.3) is 0 Å². The van der Waals surface area contributed by atoms with Crippen molar-refractivity contribution in [1.82, 2.24) is 4.98 Å². The molecule has 1 atom stereocenters. The van der Waals surface area contributed by atoms with E-state index in [-0.39, 0.29) is 5.91 Å². The summed E-state index contributed by atoms with van der Waals surface area (Å²) in [6.07, 6.45) is 0.795. The van der Waals surface area contributed by atoms with E-state index in [1.165, 1.54) is 10.3 Å². The SMILES string of the molecule is COc1ccccc1NC(=O)[C@H](C)Nc1ccc(Cc2nc3ccccc3s2)cc1. The van der Waals surface area contributed by atoms with Crippen LogP contribution in [-0.2, 0) is 11.2 Å². The summed E-state index contributed by atoms with van der Waals surface area (Å²) in [4.78, 5) is 17.2. The van der Waals surface area contributed by atoms with Gasteiger partial charge in [-0.15, -0.1) is 11.3 Å². The van der Waals surface area contributed by atoms with Crippen LogP contribution in [0.15, 0.2) is 72.8 Å². The van der Waals surface area contributed by atoms with Crippen molar-refractivity contribution in [3.8, 4) is 5.75 Å². The van der Waals surface area contributed by atoms with Crippen LogP contribution in [0.2, 0.25) is 0 Å². The number of ether oxygens (including phenoxy) is 1. The molecule has 0 spiro atoms. The predicted octanol–water partition coefficient (Wildman–Crippen LogP) is 5.33. The number of rotatable bonds is 7. The summed E-state index contributed by atoms with van der Waals surface area (Å²) in [6.45, 7) is 1.83. The number of nitrogens with zero attached hydrogens (tertiary/aromatic N) is 1. The van der Waals surface area contributed by atoms with Gasteiger partial charge in [0, 0.05) is 12.1 Å². The molecule has 5 nitrogen and oxygen atoms in total. The maximum Gasteiger partial charge on any atom is 0.246 e. The number of hydrogen-bond acceptors (Lipinski definition) is 5. The third kappa shape index (κ3) is 4.60. The second kappa shape index (κ2) is 8.97. The van der Waals surface area contributed by atoms with Crippen LogP contribution in [0.1, 0.15) is 17.5 Å². The molecule has 0 radical (unpaired) electrons. The highest BCUT2D eigenvalue weighted by Crippen LogP contribution is 2.25. The number of carbonyl (C=O) groups excluding carboxylic acids is 1. The van der Waals surface area contributed by atoms with Gasteiger partial charge >= 0.3 is 0 Å². The van der Waals surface area contributed by atoms with E-state index in [9.17, 15) is 4.79 Å². The van der Waals surface area contributed by atoms with Gasteiger partial charge in [-0.25, -0.2) is 4.98 Å². The minimum Gasteiger partial charge on any atom is -0.495 e. The van der Waals surface area contributed by atoms with Gasteiger partial charge in [0.2, 0.25) is 5.91 Å². The van der Waals surface area contributed by atoms with Crippen molar-refractivity contribution < 1.29 is 9.53 Å². The second-order valence-corrected chi connectivity index (χ2v) is 8.12. The number of fused-ring (bicyclic) bond motifs is 1. The molecule has 4 rings (SSSR count). The quantitative estimate of drug-likeness (QED) is 0.426. The summed E-state index contributed by atoms with van der Waals surface area (Å²) in [7, 11) is 1.59. The summed E-state index contributed by atoms with van der Waals surface area (Å²) >= 11 is 1.72. The highest BCUT2D eigenvalue weighted by atomic mass is 32.1. The van der Waals surface area contributed by atoms with Crippen molar-refractivity contribution in [2.75, 3.05) is 17.7 Å². The fraction of sp³-hybridized carbons (Fsp3) is 0.167. The largest absolute Gasteiger partial charge is 0.495 e. The van der Waals surface area contributed by atoms with E-state index in [4.69, 9.17) is 9.72 Å². The van der Waals surface area contributed by atoms with Crippen molar-refractivity contribution in [1.29, 1.82) is 0 Å². The number of nitrogens with one attached hydrogen (secondary N) is 2. The lowest BCUT2D eigenvalue weighted by Crippen LogP contribution is -2.31. The molecule has 4 aromatic rings. The van der Waals surface area contributed by atoms with E-state index in [1.54, 1.807) is 18.4 Å². The number of methoxy groups -OCH3 is 1. The fourth-order valence-electron chi connectivity index (χ4n) is 3.19. The standard InChI is InChI=1S/C24H23N3O2S/c1-16(24(28)27-19-7-3-5-9-21(19)29-2)25-18-13-11-17(12-14-18)15-23-26-20-8-4-6-10-22(20)30-23/h3-14,16,25H,15H2,1-2H3,(H,27,28)/t16-/m0/s1. The molecule has 0 aliphatic carbocycles. The van der Waals surface area contributed by atoms with Crippen molar-refractivity contribution >= 4 is 38.8 Å². The predicted molar refractivity (Wildman–Crippen MR) is 124 cm³/mol. The van der Waals surface area contributed by atoms with Crippen LogP contribution >= 0.6 is 11.3 Å². The van der Waals surface area contributed by atoms with Crippen LogP contribution in [0.25, 0.3) is 10.2 Å². The molecular formula is C24H23N3O2S. The van der Waals surface area contributed by atoms with E-state index < -0.39 is 6.04 Å². The molecule has 1 amide bonds. The molecule has 1 heterocycles. The molecule has 2 N–H and O–H groups in total. The zero-order valence-corrected chi connectivity index (χ0v) is 17.7. The number of aromatic nitrogens is 1. The monoisotopic (exact) mass is 417 g/mol. The summed E-state index contributed by atoms with van der Waals surface area (Å²) in [6, 6.07) is 23.3. The Morgan fingerprint density at radius 2 is 1.77 bits per heavy atom. The van der Waals surface area contributed by atoms with Gasteiger partial charge in [-0.3, -0.25) is 4.79 Å². The van der Waals surface area contributed by atoms with Crippen LogP contribution in [0.3, 0.4) is 0 Å². The van der Waals surface area contributed by atoms with Crippen molar-refractivity contribution in [2.24, 2.45) is 0 Å². The average Bonchev–Trinajstić information content (AvgIpc) is 3.17. The van der Waals surface area contributed by atoms with Crippen LogP contribution in [-0.4, -0.2) is 24.0 Å². The molecule has 0 aliphatic heterocycles. The Bertz CT molecular complexity index is 1120. The minimum absolute atomic E-state index is 0.127. The molecule has 0 fully saturated rings. The minimum atomic E-state index is -0.398. The molecule has 0 unspecified atom stereocenters. The highest BCUT2D eigenvalue weighted by Gasteiger charge is 2.15. The van der Waals surface area contributed by atoms with Crippen molar-refractivity contribution in [3.05, 3.63) is 83.4 Å². The van der Waals surface area contributed by atoms with Gasteiger partial charge in [-0.2, -0.15) is 0 Å². The Hall–Kier alpha value is -3.38. The number of carbonyl (C=O) groups is 1. The zero-order valence-electron chi connectivity index (χ0n) is 16.9. The Morgan fingerprint density at radius 3 is 2.53 bits per heavy atom. The average molecular weight is 418 g/mol. The first-order valence-electron chi connectivity index (χ1n) is 9.76. The number of hydrogen-bond donors (Lipinski definition) is 2. The Kier molecular flexibility index (Phi) is 5.95. The number of anilines is 2. The highest BCUT2D eigenvalue weighted by molar-refractivity contribution is 7.18. The topological polar surface area (TPSA) is 63.2 Å². The van der Waals surface area contributed by atoms with E-state index in [1.807, 2.05) is 61.5 Å². The van der Waals surface area contributed by atoms with E-state index >= 15 is 0 Å². The lowest BCUT2D eigenvalue weighted by molar-refractivity contribution is -0.116.